The van der Waals surface area contributed by atoms with E-state index >= 15 is 0 Å². The molecule has 0 heterocycles. The zero-order valence-corrected chi connectivity index (χ0v) is 11.3. The summed E-state index contributed by atoms with van der Waals surface area (Å²) in [4.78, 5) is 11.4. The lowest BCUT2D eigenvalue weighted by atomic mass is 10.1. The number of methoxy groups -OCH3 is 1. The van der Waals surface area contributed by atoms with E-state index in [9.17, 15) is 13.2 Å². The van der Waals surface area contributed by atoms with Crippen LogP contribution in [0.25, 0.3) is 0 Å². The predicted octanol–water partition coefficient (Wildman–Crippen LogP) is -0.709. The molecule has 0 saturated carbocycles. The molecule has 0 aliphatic carbocycles. The van der Waals surface area contributed by atoms with Crippen molar-refractivity contribution in [3.63, 3.8) is 0 Å². The average Bonchev–Trinajstić information content (AvgIpc) is 2.29. The molecule has 7 heteroatoms. The van der Waals surface area contributed by atoms with Crippen LogP contribution in [0.15, 0.2) is 0 Å². The maximum Gasteiger partial charge on any atom is 0.236 e. The maximum absolute atomic E-state index is 11.4. The van der Waals surface area contributed by atoms with Crippen LogP contribution in [0.5, 0.6) is 0 Å². The van der Waals surface area contributed by atoms with Gasteiger partial charge in [0.2, 0.25) is 5.91 Å². The van der Waals surface area contributed by atoms with E-state index < -0.39 is 15.9 Å². The second-order valence-corrected chi connectivity index (χ2v) is 6.24. The third kappa shape index (κ3) is 8.12. The monoisotopic (exact) mass is 266 g/mol. The fourth-order valence-corrected chi connectivity index (χ4v) is 1.89. The first-order valence-electron chi connectivity index (χ1n) is 5.65. The van der Waals surface area contributed by atoms with Gasteiger partial charge in [-0.1, -0.05) is 6.92 Å². The van der Waals surface area contributed by atoms with E-state index in [1.807, 2.05) is 0 Å². The summed E-state index contributed by atoms with van der Waals surface area (Å²) >= 11 is 0. The van der Waals surface area contributed by atoms with Crippen molar-refractivity contribution in [2.24, 2.45) is 5.73 Å². The molecule has 17 heavy (non-hydrogen) atoms. The van der Waals surface area contributed by atoms with Gasteiger partial charge in [-0.25, -0.2) is 8.42 Å². The van der Waals surface area contributed by atoms with Crippen LogP contribution in [0, 0.1) is 0 Å². The SMILES string of the molecule is CCS(=O)(=O)CCNC(=O)C(N)CCCOC. The van der Waals surface area contributed by atoms with Crippen molar-refractivity contribution in [1.29, 1.82) is 0 Å². The van der Waals surface area contributed by atoms with Gasteiger partial charge in [0.1, 0.15) is 0 Å². The molecular formula is C10H22N2O4S. The summed E-state index contributed by atoms with van der Waals surface area (Å²) < 4.78 is 27.2. The fraction of sp³-hybridized carbons (Fsp3) is 0.900. The Balaban J connectivity index is 3.78. The molecular weight excluding hydrogens is 244 g/mol. The fourth-order valence-electron chi connectivity index (χ4n) is 1.18. The molecule has 0 saturated heterocycles. The summed E-state index contributed by atoms with van der Waals surface area (Å²) in [5, 5.41) is 2.52. The van der Waals surface area contributed by atoms with Crippen molar-refractivity contribution < 1.29 is 17.9 Å². The van der Waals surface area contributed by atoms with Crippen LogP contribution in [-0.4, -0.2) is 52.1 Å². The molecule has 102 valence electrons. The Kier molecular flexibility index (Phi) is 8.11. The Morgan fingerprint density at radius 1 is 1.47 bits per heavy atom. The summed E-state index contributed by atoms with van der Waals surface area (Å²) in [6, 6.07) is -0.602. The van der Waals surface area contributed by atoms with Crippen LogP contribution in [0.4, 0.5) is 0 Å². The number of hydrogen-bond acceptors (Lipinski definition) is 5. The van der Waals surface area contributed by atoms with Crippen LogP contribution in [-0.2, 0) is 19.4 Å². The maximum atomic E-state index is 11.4. The van der Waals surface area contributed by atoms with Gasteiger partial charge in [-0.2, -0.15) is 0 Å². The van der Waals surface area contributed by atoms with Gasteiger partial charge in [0.25, 0.3) is 0 Å². The number of hydrogen-bond donors (Lipinski definition) is 2. The highest BCUT2D eigenvalue weighted by atomic mass is 32.2. The van der Waals surface area contributed by atoms with E-state index in [4.69, 9.17) is 10.5 Å². The van der Waals surface area contributed by atoms with Gasteiger partial charge in [0.15, 0.2) is 9.84 Å². The summed E-state index contributed by atoms with van der Waals surface area (Å²) in [6.45, 7) is 2.26. The van der Waals surface area contributed by atoms with Crippen molar-refractivity contribution in [2.45, 2.75) is 25.8 Å². The highest BCUT2D eigenvalue weighted by molar-refractivity contribution is 7.91. The molecule has 1 amide bonds. The van der Waals surface area contributed by atoms with Crippen molar-refractivity contribution in [3.05, 3.63) is 0 Å². The molecule has 0 aliphatic heterocycles. The number of ether oxygens (including phenoxy) is 1. The quantitative estimate of drug-likeness (QED) is 0.537. The Morgan fingerprint density at radius 3 is 2.65 bits per heavy atom. The number of sulfone groups is 1. The van der Waals surface area contributed by atoms with E-state index in [2.05, 4.69) is 5.32 Å². The van der Waals surface area contributed by atoms with Gasteiger partial charge in [0, 0.05) is 26.0 Å². The zero-order chi connectivity index (χ0) is 13.3. The van der Waals surface area contributed by atoms with E-state index in [0.717, 1.165) is 0 Å². The van der Waals surface area contributed by atoms with E-state index in [1.54, 1.807) is 14.0 Å². The van der Waals surface area contributed by atoms with E-state index in [1.165, 1.54) is 0 Å². The smallest absolute Gasteiger partial charge is 0.236 e. The van der Waals surface area contributed by atoms with Crippen molar-refractivity contribution in [3.8, 4) is 0 Å². The minimum absolute atomic E-state index is 0.0416. The molecule has 0 aromatic carbocycles. The van der Waals surface area contributed by atoms with Crippen LogP contribution >= 0.6 is 0 Å². The van der Waals surface area contributed by atoms with Gasteiger partial charge < -0.3 is 15.8 Å². The third-order valence-electron chi connectivity index (χ3n) is 2.35. The first-order chi connectivity index (χ1) is 7.93. The van der Waals surface area contributed by atoms with Crippen molar-refractivity contribution >= 4 is 15.7 Å². The highest BCUT2D eigenvalue weighted by Gasteiger charge is 2.14. The van der Waals surface area contributed by atoms with Crippen molar-refractivity contribution in [1.82, 2.24) is 5.32 Å². The molecule has 1 atom stereocenters. The standard InChI is InChI=1S/C10H22N2O4S/c1-3-17(14,15)8-6-12-10(13)9(11)5-4-7-16-2/h9H,3-8,11H2,1-2H3,(H,12,13). The van der Waals surface area contributed by atoms with Crippen LogP contribution in [0.1, 0.15) is 19.8 Å². The molecule has 0 aromatic heterocycles. The normalized spacial score (nSPS) is 13.4. The summed E-state index contributed by atoms with van der Waals surface area (Å²) in [6.07, 6.45) is 1.23. The first kappa shape index (κ1) is 16.3. The summed E-state index contributed by atoms with van der Waals surface area (Å²) in [7, 11) is -1.45. The molecule has 6 nitrogen and oxygen atoms in total. The van der Waals surface area contributed by atoms with Crippen molar-refractivity contribution in [2.75, 3.05) is 31.8 Å². The number of nitrogens with two attached hydrogens (primary N) is 1. The molecule has 3 N–H and O–H groups in total. The van der Waals surface area contributed by atoms with Crippen LogP contribution < -0.4 is 11.1 Å². The lowest BCUT2D eigenvalue weighted by Crippen LogP contribution is -2.42. The summed E-state index contributed by atoms with van der Waals surface area (Å²) in [5.74, 6) is -0.268. The van der Waals surface area contributed by atoms with Gasteiger partial charge in [-0.15, -0.1) is 0 Å². The van der Waals surface area contributed by atoms with Crippen LogP contribution in [0.2, 0.25) is 0 Å². The number of nitrogens with one attached hydrogen (secondary N) is 1. The third-order valence-corrected chi connectivity index (χ3v) is 4.06. The lowest BCUT2D eigenvalue weighted by Gasteiger charge is -2.11. The van der Waals surface area contributed by atoms with Gasteiger partial charge in [0.05, 0.1) is 11.8 Å². The highest BCUT2D eigenvalue weighted by Crippen LogP contribution is 1.95. The number of amides is 1. The molecule has 0 fully saturated rings. The van der Waals surface area contributed by atoms with E-state index in [-0.39, 0.29) is 24.0 Å². The minimum atomic E-state index is -3.04. The Morgan fingerprint density at radius 2 is 2.12 bits per heavy atom. The zero-order valence-electron chi connectivity index (χ0n) is 10.4. The molecule has 0 aliphatic rings. The molecule has 0 radical (unpaired) electrons. The topological polar surface area (TPSA) is 98.5 Å². The van der Waals surface area contributed by atoms with Gasteiger partial charge in [-0.3, -0.25) is 4.79 Å². The van der Waals surface area contributed by atoms with Gasteiger partial charge >= 0.3 is 0 Å². The predicted molar refractivity (Wildman–Crippen MR) is 66.4 cm³/mol. The minimum Gasteiger partial charge on any atom is -0.385 e. The van der Waals surface area contributed by atoms with E-state index in [0.29, 0.717) is 19.4 Å². The Labute approximate surface area is 103 Å². The first-order valence-corrected chi connectivity index (χ1v) is 7.47. The largest absolute Gasteiger partial charge is 0.385 e. The molecule has 1 unspecified atom stereocenters. The molecule has 0 aromatic rings. The molecule has 0 bridgehead atoms. The number of carbonyl (C=O) groups is 1. The summed E-state index contributed by atoms with van der Waals surface area (Å²) in [5.41, 5.74) is 5.62. The Hall–Kier alpha value is -0.660. The average molecular weight is 266 g/mol. The molecule has 0 rings (SSSR count). The second kappa shape index (κ2) is 8.43. The number of carbonyl (C=O) groups excluding carboxylic acids is 1. The lowest BCUT2D eigenvalue weighted by molar-refractivity contribution is -0.122. The second-order valence-electron chi connectivity index (χ2n) is 3.77. The van der Waals surface area contributed by atoms with Crippen LogP contribution in [0.3, 0.4) is 0 Å². The number of rotatable bonds is 9. The Bertz CT molecular complexity index is 316. The van der Waals surface area contributed by atoms with Gasteiger partial charge in [-0.05, 0) is 12.8 Å². The molecule has 0 spiro atoms.